The molecule has 5 aromatic rings. The van der Waals surface area contributed by atoms with Gasteiger partial charge in [0.15, 0.2) is 5.82 Å². The van der Waals surface area contributed by atoms with Crippen molar-refractivity contribution < 1.29 is 37.8 Å². The SMILES string of the molecule is CC(C)c1ccccc1[C@@H]1COCCN1C1CC2(CCN(c3ccc(C(=O)NS(=O)(=O)c4ccc(NCC5CCC(C)(O)CC5)c([N+](=O)[O-])c4)c(N4c5cc6cc[nH]c6nc5N(C5CCC(C)(O)CC5)[C@H]5COCC[C@@H]54)c3)CC2)C1. The molecule has 6 fully saturated rings. The first-order valence-corrected chi connectivity index (χ1v) is 30.8. The molecule has 80 heavy (non-hydrogen) atoms. The van der Waals surface area contributed by atoms with E-state index < -0.39 is 42.6 Å². The van der Waals surface area contributed by atoms with Crippen molar-refractivity contribution in [3.63, 3.8) is 0 Å². The molecule has 3 saturated heterocycles. The van der Waals surface area contributed by atoms with Crippen molar-refractivity contribution in [2.24, 2.45) is 11.3 Å². The molecule has 12 rings (SSSR count). The molecule has 1 spiro atoms. The van der Waals surface area contributed by atoms with Gasteiger partial charge in [-0.1, -0.05) is 38.1 Å². The maximum Gasteiger partial charge on any atom is 0.293 e. The summed E-state index contributed by atoms with van der Waals surface area (Å²) in [5, 5.41) is 38.1. The maximum atomic E-state index is 15.1. The van der Waals surface area contributed by atoms with Gasteiger partial charge in [0.05, 0.1) is 75.9 Å². The number of H-pyrrole nitrogens is 1. The highest BCUT2D eigenvalue weighted by atomic mass is 32.2. The lowest BCUT2D eigenvalue weighted by Gasteiger charge is -2.57. The number of pyridine rings is 1. The van der Waals surface area contributed by atoms with Gasteiger partial charge in [0.2, 0.25) is 0 Å². The fraction of sp³-hybridized carbons (Fsp3) is 0.574. The molecule has 428 valence electrons. The Hall–Kier alpha value is -5.83. The molecule has 19 heteroatoms. The number of nitro benzene ring substituents is 1. The Balaban J connectivity index is 0.858. The predicted octanol–water partition coefficient (Wildman–Crippen LogP) is 9.70. The molecular formula is C61H79N9O9S. The molecule has 3 aliphatic carbocycles. The van der Waals surface area contributed by atoms with Gasteiger partial charge in [0.1, 0.15) is 11.3 Å². The summed E-state index contributed by atoms with van der Waals surface area (Å²) in [4.78, 5) is 45.0. The average molecular weight is 1110 g/mol. The van der Waals surface area contributed by atoms with E-state index in [2.05, 4.69) is 84.9 Å². The van der Waals surface area contributed by atoms with Crippen molar-refractivity contribution in [3.8, 4) is 0 Å². The highest BCUT2D eigenvalue weighted by Crippen LogP contribution is 2.54. The second-order valence-corrected chi connectivity index (χ2v) is 27.0. The van der Waals surface area contributed by atoms with Crippen LogP contribution in [0.15, 0.2) is 83.9 Å². The molecule has 3 atom stereocenters. The molecular weight excluding hydrogens is 1030 g/mol. The van der Waals surface area contributed by atoms with Crippen molar-refractivity contribution in [1.82, 2.24) is 19.6 Å². The topological polar surface area (TPSA) is 219 Å². The Morgan fingerprint density at radius 3 is 2.30 bits per heavy atom. The molecule has 1 amide bonds. The third-order valence-corrected chi connectivity index (χ3v) is 20.8. The van der Waals surface area contributed by atoms with Gasteiger partial charge in [-0.15, -0.1) is 0 Å². The average Bonchev–Trinajstić information content (AvgIpc) is 4.07. The van der Waals surface area contributed by atoms with Crippen LogP contribution in [0.4, 0.5) is 34.3 Å². The fourth-order valence-corrected chi connectivity index (χ4v) is 15.7. The summed E-state index contributed by atoms with van der Waals surface area (Å²) in [5.74, 6) is 0.478. The number of nitro groups is 1. The Labute approximate surface area is 469 Å². The number of rotatable bonds is 13. The molecule has 0 radical (unpaired) electrons. The molecule has 5 N–H and O–H groups in total. The minimum atomic E-state index is -4.66. The van der Waals surface area contributed by atoms with E-state index in [1.807, 2.05) is 32.2 Å². The van der Waals surface area contributed by atoms with Crippen molar-refractivity contribution in [2.45, 2.75) is 163 Å². The zero-order valence-electron chi connectivity index (χ0n) is 46.7. The smallest absolute Gasteiger partial charge is 0.293 e. The number of aromatic nitrogens is 2. The summed E-state index contributed by atoms with van der Waals surface area (Å²) in [5.41, 5.74) is 4.38. The van der Waals surface area contributed by atoms with Gasteiger partial charge in [0.25, 0.3) is 21.6 Å². The van der Waals surface area contributed by atoms with E-state index in [1.165, 1.54) is 23.3 Å². The number of carbonyl (C=O) groups excluding carboxylic acids is 1. The molecule has 0 unspecified atom stereocenters. The quantitative estimate of drug-likeness (QED) is 0.0547. The molecule has 3 saturated carbocycles. The van der Waals surface area contributed by atoms with Crippen molar-refractivity contribution >= 4 is 61.2 Å². The number of piperidine rings is 1. The fourth-order valence-electron chi connectivity index (χ4n) is 14.8. The van der Waals surface area contributed by atoms with Crippen molar-refractivity contribution in [1.29, 1.82) is 0 Å². The van der Waals surface area contributed by atoms with Gasteiger partial charge >= 0.3 is 0 Å². The van der Waals surface area contributed by atoms with Crippen molar-refractivity contribution in [2.75, 3.05) is 72.6 Å². The first kappa shape index (κ1) is 54.7. The number of anilines is 5. The van der Waals surface area contributed by atoms with Crippen LogP contribution < -0.4 is 24.7 Å². The number of amides is 1. The van der Waals surface area contributed by atoms with Gasteiger partial charge in [-0.2, -0.15) is 0 Å². The standard InChI is InChI=1S/C61H79N9O9S/c1-39(2)46-7-5-6-8-47(46)54-37-79-30-28-67(54)44-34-61(35-44)23-26-66(27-24-61)43-9-11-48(58(71)65-80(76,77)45-10-12-49(52(33-45)70(74)75)63-36-40-13-19-59(3,72)20-14-40)51(32-43)69-50-18-29-78-38-55(50)68(42-15-21-60(4,73)22-16-42)57-53(69)31-41-17-25-62-56(41)64-57/h5-12,17,25,31-33,39-40,42,44,50,54-55,63,72-73H,13-16,18-24,26-30,34-38H2,1-4H3,(H,62,64)(H,65,71)/t40?,42?,50-,54-,55-,59?,60?/m0/s1. The second kappa shape index (κ2) is 21.5. The van der Waals surface area contributed by atoms with Gasteiger partial charge in [-0.3, -0.25) is 19.8 Å². The number of nitrogens with zero attached hydrogens (tertiary/aromatic N) is 6. The van der Waals surface area contributed by atoms with Crippen LogP contribution in [0.2, 0.25) is 0 Å². The lowest BCUT2D eigenvalue weighted by atomic mass is 9.59. The van der Waals surface area contributed by atoms with Gasteiger partial charge in [-0.05, 0) is 168 Å². The number of aliphatic hydroxyl groups is 2. The highest BCUT2D eigenvalue weighted by molar-refractivity contribution is 7.90. The Morgan fingerprint density at radius 2 is 1.56 bits per heavy atom. The normalized spacial score (nSPS) is 28.3. The van der Waals surface area contributed by atoms with E-state index in [4.69, 9.17) is 14.5 Å². The summed E-state index contributed by atoms with van der Waals surface area (Å²) < 4.78 is 43.7. The van der Waals surface area contributed by atoms with E-state index >= 15 is 4.79 Å². The summed E-state index contributed by atoms with van der Waals surface area (Å²) in [6, 6.07) is 22.7. The predicted molar refractivity (Wildman–Crippen MR) is 310 cm³/mol. The lowest BCUT2D eigenvalue weighted by molar-refractivity contribution is -0.384. The third kappa shape index (κ3) is 10.7. The molecule has 6 heterocycles. The van der Waals surface area contributed by atoms with E-state index in [9.17, 15) is 28.7 Å². The number of hydrogen-bond donors (Lipinski definition) is 5. The Bertz CT molecular complexity index is 3220. The van der Waals surface area contributed by atoms with Crippen LogP contribution in [-0.2, 0) is 19.5 Å². The lowest BCUT2D eigenvalue weighted by Crippen LogP contribution is -2.63. The third-order valence-electron chi connectivity index (χ3n) is 19.5. The summed E-state index contributed by atoms with van der Waals surface area (Å²) in [6.07, 6.45) is 12.4. The summed E-state index contributed by atoms with van der Waals surface area (Å²) in [6.45, 7) is 13.6. The van der Waals surface area contributed by atoms with Crippen LogP contribution in [0.3, 0.4) is 0 Å². The van der Waals surface area contributed by atoms with Crippen molar-refractivity contribution in [3.05, 3.63) is 106 Å². The van der Waals surface area contributed by atoms with Crippen LogP contribution in [0, 0.1) is 21.4 Å². The Morgan fingerprint density at radius 1 is 0.838 bits per heavy atom. The molecule has 7 aliphatic rings. The van der Waals surface area contributed by atoms with Crippen LogP contribution in [0.5, 0.6) is 0 Å². The number of nitrogens with one attached hydrogen (secondary N) is 3. The maximum absolute atomic E-state index is 15.1. The molecule has 4 aliphatic heterocycles. The Kier molecular flexibility index (Phi) is 14.7. The van der Waals surface area contributed by atoms with E-state index in [0.717, 1.165) is 106 Å². The van der Waals surface area contributed by atoms with Crippen LogP contribution in [-0.4, -0.2) is 132 Å². The first-order valence-electron chi connectivity index (χ1n) is 29.3. The summed E-state index contributed by atoms with van der Waals surface area (Å²) in [7, 11) is -4.66. The zero-order valence-corrected chi connectivity index (χ0v) is 47.6. The molecule has 2 aromatic heterocycles. The largest absolute Gasteiger partial charge is 0.390 e. The zero-order chi connectivity index (χ0) is 55.7. The van der Waals surface area contributed by atoms with E-state index in [-0.39, 0.29) is 46.8 Å². The second-order valence-electron chi connectivity index (χ2n) is 25.3. The molecule has 3 aromatic carbocycles. The number of ether oxygens (including phenoxy) is 2. The number of hydrogen-bond acceptors (Lipinski definition) is 15. The number of aromatic amines is 1. The van der Waals surface area contributed by atoms with E-state index in [0.29, 0.717) is 81.8 Å². The molecule has 0 bridgehead atoms. The number of fused-ring (bicyclic) bond motifs is 3. The highest BCUT2D eigenvalue weighted by Gasteiger charge is 2.51. The number of benzene rings is 3. The first-order chi connectivity index (χ1) is 38.3. The van der Waals surface area contributed by atoms with E-state index in [1.54, 1.807) is 6.07 Å². The van der Waals surface area contributed by atoms with Gasteiger partial charge in [-0.25, -0.2) is 18.1 Å². The number of sulfonamides is 1. The van der Waals surface area contributed by atoms with Gasteiger partial charge < -0.3 is 44.7 Å². The minimum absolute atomic E-state index is 0.0664. The molecule has 18 nitrogen and oxygen atoms in total. The van der Waals surface area contributed by atoms with Gasteiger partial charge in [0, 0.05) is 68.2 Å². The number of carbonyl (C=O) groups is 1. The number of morpholine rings is 1. The minimum Gasteiger partial charge on any atom is -0.390 e. The van der Waals surface area contributed by atoms with Crippen LogP contribution in [0.25, 0.3) is 11.0 Å². The van der Waals surface area contributed by atoms with Crippen LogP contribution >= 0.6 is 0 Å². The van der Waals surface area contributed by atoms with Crippen LogP contribution in [0.1, 0.15) is 145 Å². The monoisotopic (exact) mass is 1110 g/mol. The summed E-state index contributed by atoms with van der Waals surface area (Å²) >= 11 is 0.